The van der Waals surface area contributed by atoms with Crippen LogP contribution in [0.3, 0.4) is 0 Å². The van der Waals surface area contributed by atoms with E-state index in [1.54, 1.807) is 55.7 Å². The predicted octanol–water partition coefficient (Wildman–Crippen LogP) is 4.20. The molecular formula is C47H55N9O10. The number of hydrogen-bond acceptors (Lipinski definition) is 15. The minimum absolute atomic E-state index is 0.160. The number of aldehydes is 1. The summed E-state index contributed by atoms with van der Waals surface area (Å²) in [5.74, 6) is 0.268. The second kappa shape index (κ2) is 23.0. The average molecular weight is 906 g/mol. The number of rotatable bonds is 25. The van der Waals surface area contributed by atoms with Crippen molar-refractivity contribution in [3.8, 4) is 11.5 Å². The largest absolute Gasteiger partial charge is 0.495 e. The van der Waals surface area contributed by atoms with E-state index in [0.717, 1.165) is 12.0 Å². The van der Waals surface area contributed by atoms with Crippen LogP contribution in [0.1, 0.15) is 55.9 Å². The van der Waals surface area contributed by atoms with Crippen molar-refractivity contribution in [2.24, 2.45) is 5.73 Å². The zero-order chi connectivity index (χ0) is 47.2. The van der Waals surface area contributed by atoms with Crippen molar-refractivity contribution < 1.29 is 47.7 Å². The second-order valence-corrected chi connectivity index (χ2v) is 15.1. The number of hydrogen-bond donors (Lipinski definition) is 4. The number of nitrogens with two attached hydrogens (primary N) is 1. The van der Waals surface area contributed by atoms with Gasteiger partial charge in [0.05, 0.1) is 74.9 Å². The molecule has 19 heteroatoms. The van der Waals surface area contributed by atoms with Crippen LogP contribution < -0.4 is 41.0 Å². The van der Waals surface area contributed by atoms with Crippen molar-refractivity contribution in [1.82, 2.24) is 25.5 Å². The van der Waals surface area contributed by atoms with Crippen LogP contribution in [-0.2, 0) is 23.8 Å². The zero-order valence-electron chi connectivity index (χ0n) is 37.3. The molecule has 5 N–H and O–H groups in total. The molecule has 19 nitrogen and oxygen atoms in total. The van der Waals surface area contributed by atoms with Gasteiger partial charge in [-0.3, -0.25) is 24.1 Å². The molecule has 1 atom stereocenters. The minimum atomic E-state index is -0.608. The highest BCUT2D eigenvalue weighted by Gasteiger charge is 2.39. The topological polar surface area (TPSA) is 229 Å². The van der Waals surface area contributed by atoms with Gasteiger partial charge in [0.25, 0.3) is 23.6 Å². The second-order valence-electron chi connectivity index (χ2n) is 15.1. The molecule has 1 unspecified atom stereocenters. The molecule has 0 fully saturated rings. The van der Waals surface area contributed by atoms with Crippen LogP contribution in [0.2, 0.25) is 0 Å². The lowest BCUT2D eigenvalue weighted by Gasteiger charge is -2.28. The highest BCUT2D eigenvalue weighted by molar-refractivity contribution is 6.13. The normalized spacial score (nSPS) is 13.3. The number of amides is 4. The third-order valence-electron chi connectivity index (χ3n) is 10.7. The Morgan fingerprint density at radius 3 is 2.32 bits per heavy atom. The van der Waals surface area contributed by atoms with Crippen LogP contribution in [0.4, 0.5) is 28.8 Å². The van der Waals surface area contributed by atoms with Gasteiger partial charge in [-0.15, -0.1) is 0 Å². The third-order valence-corrected chi connectivity index (χ3v) is 10.7. The van der Waals surface area contributed by atoms with E-state index in [0.29, 0.717) is 97.8 Å². The maximum atomic E-state index is 13.4. The summed E-state index contributed by atoms with van der Waals surface area (Å²) in [6.45, 7) is 10.2. The molecule has 0 radical (unpaired) electrons. The molecule has 4 amide bonds. The SMILES string of the molecule is C=C(N)C(CCC=O)N1C(=C)c2cccc(OCC(=O)NCCOCCOCCOCCCNC(=O)c3ccc(Nc4ncc5c(n4)N(C)c4ccccc4C(=O)N5C)c(OC)c3)c2C1=O. The van der Waals surface area contributed by atoms with Crippen molar-refractivity contribution in [3.63, 3.8) is 0 Å². The van der Waals surface area contributed by atoms with Gasteiger partial charge in [-0.1, -0.05) is 37.4 Å². The van der Waals surface area contributed by atoms with E-state index in [4.69, 9.17) is 34.4 Å². The van der Waals surface area contributed by atoms with Gasteiger partial charge in [-0.2, -0.15) is 4.98 Å². The number of nitrogens with one attached hydrogen (secondary N) is 3. The Morgan fingerprint density at radius 2 is 1.58 bits per heavy atom. The van der Waals surface area contributed by atoms with E-state index in [2.05, 4.69) is 34.1 Å². The lowest BCUT2D eigenvalue weighted by molar-refractivity contribution is -0.123. The van der Waals surface area contributed by atoms with Crippen molar-refractivity contribution >= 4 is 64.4 Å². The molecule has 6 rings (SSSR count). The molecule has 2 aliphatic rings. The van der Waals surface area contributed by atoms with Crippen LogP contribution in [0.25, 0.3) is 5.70 Å². The number of benzene rings is 3. The van der Waals surface area contributed by atoms with E-state index in [9.17, 15) is 24.0 Å². The number of carbonyl (C=O) groups excluding carboxylic acids is 5. The Bertz CT molecular complexity index is 2450. The third kappa shape index (κ3) is 11.5. The molecule has 3 aromatic carbocycles. The number of fused-ring (bicyclic) bond motifs is 3. The Balaban J connectivity index is 0.812. The van der Waals surface area contributed by atoms with Gasteiger partial charge < -0.3 is 60.0 Å². The molecule has 0 spiro atoms. The number of anilines is 5. The van der Waals surface area contributed by atoms with Crippen LogP contribution in [0.15, 0.2) is 85.7 Å². The Kier molecular flexibility index (Phi) is 16.8. The standard InChI is InChI=1S/C47H55N9O10/c1-30(48)36(14-9-20-57)56-31(2)33-12-8-15-39(42(33)46(56)61)66-29-41(58)49-19-22-64-24-26-65-25-23-63-21-10-18-50-44(59)32-16-17-35(40(27-32)62-5)52-47-51-28-38-43(53-47)54(3)37-13-7-6-11-34(37)45(60)55(38)4/h6-8,11-13,15-17,20,27-28,36H,1-2,9-10,14,18-19,21-26,29,48H2,3-5H3,(H,49,58)(H,50,59)(H,51,52,53). The first-order valence-electron chi connectivity index (χ1n) is 21.3. The number of methoxy groups -OCH3 is 1. The van der Waals surface area contributed by atoms with Crippen molar-refractivity contribution in [2.75, 3.05) is 95.7 Å². The molecule has 4 aromatic rings. The number of aromatic nitrogens is 2. The summed E-state index contributed by atoms with van der Waals surface area (Å²) in [5.41, 5.74) is 10.2. The lowest BCUT2D eigenvalue weighted by atomic mass is 10.1. The summed E-state index contributed by atoms with van der Waals surface area (Å²) >= 11 is 0. The molecule has 0 aliphatic carbocycles. The fourth-order valence-corrected chi connectivity index (χ4v) is 7.32. The van der Waals surface area contributed by atoms with Gasteiger partial charge in [0.1, 0.15) is 23.5 Å². The molecule has 3 heterocycles. The molecule has 0 saturated carbocycles. The molecule has 1 aromatic heterocycles. The molecule has 0 saturated heterocycles. The highest BCUT2D eigenvalue weighted by atomic mass is 16.5. The van der Waals surface area contributed by atoms with Gasteiger partial charge >= 0.3 is 0 Å². The first kappa shape index (κ1) is 48.1. The van der Waals surface area contributed by atoms with Gasteiger partial charge in [-0.05, 0) is 49.2 Å². The highest BCUT2D eigenvalue weighted by Crippen LogP contribution is 2.41. The number of para-hydroxylation sites is 1. The predicted molar refractivity (Wildman–Crippen MR) is 248 cm³/mol. The minimum Gasteiger partial charge on any atom is -0.495 e. The van der Waals surface area contributed by atoms with E-state index in [-0.39, 0.29) is 66.9 Å². The number of ether oxygens (including phenoxy) is 5. The summed E-state index contributed by atoms with van der Waals surface area (Å²) in [4.78, 5) is 76.9. The van der Waals surface area contributed by atoms with Crippen LogP contribution >= 0.6 is 0 Å². The molecule has 0 bridgehead atoms. The average Bonchev–Trinajstić information content (AvgIpc) is 3.54. The van der Waals surface area contributed by atoms with Crippen LogP contribution in [0.5, 0.6) is 11.5 Å². The number of nitrogens with zero attached hydrogens (tertiary/aromatic N) is 5. The van der Waals surface area contributed by atoms with Crippen molar-refractivity contribution in [2.45, 2.75) is 25.3 Å². The summed E-state index contributed by atoms with van der Waals surface area (Å²) < 4.78 is 28.0. The summed E-state index contributed by atoms with van der Waals surface area (Å²) in [7, 11) is 5.04. The smallest absolute Gasteiger partial charge is 0.263 e. The molecule has 66 heavy (non-hydrogen) atoms. The first-order valence-corrected chi connectivity index (χ1v) is 21.3. The lowest BCUT2D eigenvalue weighted by Crippen LogP contribution is -2.38. The maximum Gasteiger partial charge on any atom is 0.263 e. The monoisotopic (exact) mass is 905 g/mol. The quantitative estimate of drug-likeness (QED) is 0.0540. The Labute approximate surface area is 382 Å². The van der Waals surface area contributed by atoms with Gasteiger partial charge in [0.2, 0.25) is 5.95 Å². The fraction of sp³-hybridized carbons (Fsp3) is 0.340. The first-order chi connectivity index (χ1) is 31.9. The van der Waals surface area contributed by atoms with Gasteiger partial charge in [-0.25, -0.2) is 4.98 Å². The maximum absolute atomic E-state index is 13.4. The Hall–Kier alpha value is -7.35. The van der Waals surface area contributed by atoms with Crippen molar-refractivity contribution in [3.05, 3.63) is 108 Å². The van der Waals surface area contributed by atoms with E-state index in [1.807, 2.05) is 30.1 Å². The van der Waals surface area contributed by atoms with Crippen molar-refractivity contribution in [1.29, 1.82) is 0 Å². The zero-order valence-corrected chi connectivity index (χ0v) is 37.3. The fourth-order valence-electron chi connectivity index (χ4n) is 7.32. The molecule has 348 valence electrons. The van der Waals surface area contributed by atoms with E-state index < -0.39 is 11.9 Å². The van der Waals surface area contributed by atoms with E-state index >= 15 is 0 Å². The Morgan fingerprint density at radius 1 is 0.848 bits per heavy atom. The van der Waals surface area contributed by atoms with Crippen LogP contribution in [-0.4, -0.2) is 131 Å². The number of carbonyl (C=O) groups is 5. The van der Waals surface area contributed by atoms with Gasteiger partial charge in [0, 0.05) is 62.7 Å². The molecule has 2 aliphatic heterocycles. The molecular weight excluding hydrogens is 851 g/mol. The van der Waals surface area contributed by atoms with E-state index in [1.165, 1.54) is 16.9 Å². The van der Waals surface area contributed by atoms with Gasteiger partial charge in [0.15, 0.2) is 12.4 Å². The summed E-state index contributed by atoms with van der Waals surface area (Å²) in [6.07, 6.45) is 3.44. The van der Waals surface area contributed by atoms with Crippen LogP contribution in [0, 0.1) is 0 Å². The summed E-state index contributed by atoms with van der Waals surface area (Å²) in [6, 6.07) is 16.8. The summed E-state index contributed by atoms with van der Waals surface area (Å²) in [5, 5.41) is 8.78.